The summed E-state index contributed by atoms with van der Waals surface area (Å²) in [6, 6.07) is 11.7. The largest absolute Gasteiger partial charge is 0.415 e. The fourth-order valence-corrected chi connectivity index (χ4v) is 5.32. The molecule has 13 heteroatoms. The fraction of sp³-hybridized carbons (Fsp3) is 0.286. The highest BCUT2D eigenvalue weighted by molar-refractivity contribution is 7.90. The van der Waals surface area contributed by atoms with Crippen LogP contribution in [0.2, 0.25) is 0 Å². The van der Waals surface area contributed by atoms with Crippen LogP contribution in [0, 0.1) is 0 Å². The lowest BCUT2D eigenvalue weighted by atomic mass is 10.1. The maximum absolute atomic E-state index is 13.1. The predicted molar refractivity (Wildman–Crippen MR) is 119 cm³/mol. The minimum Gasteiger partial charge on any atom is -0.415 e. The number of piperazine rings is 1. The Morgan fingerprint density at radius 3 is 2.79 bits per heavy atom. The number of hydrogen-bond donors (Lipinski definition) is 2. The van der Waals surface area contributed by atoms with Gasteiger partial charge in [0.25, 0.3) is 5.89 Å². The van der Waals surface area contributed by atoms with Gasteiger partial charge in [-0.15, -0.1) is 10.2 Å². The Labute approximate surface area is 193 Å². The molecule has 4 heterocycles. The number of rotatable bonds is 7. The Balaban J connectivity index is 1.36. The molecule has 1 unspecified atom stereocenters. The second-order valence-corrected chi connectivity index (χ2v) is 9.43. The molecule has 1 aromatic carbocycles. The first-order valence-corrected chi connectivity index (χ1v) is 12.0. The predicted octanol–water partition coefficient (Wildman–Crippen LogP) is 2.50. The lowest BCUT2D eigenvalue weighted by molar-refractivity contribution is 0.116. The van der Waals surface area contributed by atoms with Gasteiger partial charge in [0.05, 0.1) is 5.69 Å². The van der Waals surface area contributed by atoms with E-state index < -0.39 is 22.5 Å². The number of para-hydroxylation sites is 1. The van der Waals surface area contributed by atoms with Crippen LogP contribution >= 0.6 is 0 Å². The molecular formula is C21H21F2N7O3S. The lowest BCUT2D eigenvalue weighted by Gasteiger charge is -2.34. The maximum atomic E-state index is 13.1. The minimum absolute atomic E-state index is 0.0249. The molecular weight excluding hydrogens is 468 g/mol. The normalized spacial score (nSPS) is 17.4. The molecule has 0 amide bonds. The van der Waals surface area contributed by atoms with E-state index in [0.29, 0.717) is 48.6 Å². The summed E-state index contributed by atoms with van der Waals surface area (Å²) < 4.78 is 62.5. The van der Waals surface area contributed by atoms with Gasteiger partial charge in [0.2, 0.25) is 5.89 Å². The second-order valence-electron chi connectivity index (χ2n) is 7.81. The second kappa shape index (κ2) is 9.08. The van der Waals surface area contributed by atoms with Crippen LogP contribution in [0.25, 0.3) is 17.1 Å². The van der Waals surface area contributed by atoms with E-state index in [1.807, 2.05) is 12.3 Å². The van der Waals surface area contributed by atoms with Gasteiger partial charge in [-0.1, -0.05) is 18.2 Å². The van der Waals surface area contributed by atoms with Crippen molar-refractivity contribution < 1.29 is 21.6 Å². The smallest absolute Gasteiger partial charge is 0.314 e. The molecule has 4 aromatic rings. The van der Waals surface area contributed by atoms with Crippen LogP contribution in [0.15, 0.2) is 59.3 Å². The van der Waals surface area contributed by atoms with Gasteiger partial charge in [0.1, 0.15) is 5.65 Å². The molecule has 0 spiro atoms. The molecule has 178 valence electrons. The average molecular weight is 490 g/mol. The van der Waals surface area contributed by atoms with Gasteiger partial charge in [-0.25, -0.2) is 4.98 Å². The maximum Gasteiger partial charge on any atom is 0.314 e. The third-order valence-electron chi connectivity index (χ3n) is 5.45. The Kier molecular flexibility index (Phi) is 5.98. The molecule has 1 atom stereocenters. The summed E-state index contributed by atoms with van der Waals surface area (Å²) in [4.78, 5) is 4.59. The standard InChI is InChI=1S/C21H21F2N7O3S/c22-19(23)21-27-26-20(33-21)14-6-8-29-13-16(25-18(29)10-14)11-17-12-24-7-9-30(17)34(31,32)28-15-4-2-1-3-5-15/h1-6,8,10,13,17,19,24,28H,7,9,11-12H2. The van der Waals surface area contributed by atoms with Crippen LogP contribution in [0.3, 0.4) is 0 Å². The number of aromatic nitrogens is 4. The van der Waals surface area contributed by atoms with Crippen LogP contribution in [0.5, 0.6) is 0 Å². The summed E-state index contributed by atoms with van der Waals surface area (Å²) in [7, 11) is -3.76. The molecule has 5 rings (SSSR count). The van der Waals surface area contributed by atoms with Crippen molar-refractivity contribution >= 4 is 21.5 Å². The molecule has 2 N–H and O–H groups in total. The number of halogens is 2. The number of fused-ring (bicyclic) bond motifs is 1. The Hall–Kier alpha value is -3.42. The van der Waals surface area contributed by atoms with Crippen molar-refractivity contribution in [2.24, 2.45) is 0 Å². The Morgan fingerprint density at radius 2 is 2.03 bits per heavy atom. The van der Waals surface area contributed by atoms with Gasteiger partial charge in [-0.3, -0.25) is 4.72 Å². The quantitative estimate of drug-likeness (QED) is 0.410. The summed E-state index contributed by atoms with van der Waals surface area (Å²) in [5.41, 5.74) is 2.19. The first-order chi connectivity index (χ1) is 16.4. The molecule has 34 heavy (non-hydrogen) atoms. The van der Waals surface area contributed by atoms with Gasteiger partial charge in [0, 0.05) is 55.7 Å². The number of anilines is 1. The van der Waals surface area contributed by atoms with Crippen LogP contribution < -0.4 is 10.0 Å². The van der Waals surface area contributed by atoms with E-state index in [1.165, 1.54) is 4.31 Å². The summed E-state index contributed by atoms with van der Waals surface area (Å²) in [5, 5.41) is 10.3. The van der Waals surface area contributed by atoms with Crippen molar-refractivity contribution in [2.75, 3.05) is 24.4 Å². The highest BCUT2D eigenvalue weighted by Gasteiger charge is 2.33. The average Bonchev–Trinajstić information content (AvgIpc) is 3.46. The molecule has 0 bridgehead atoms. The first kappa shape index (κ1) is 22.4. The third kappa shape index (κ3) is 4.62. The first-order valence-electron chi connectivity index (χ1n) is 10.5. The topological polar surface area (TPSA) is 118 Å². The van der Waals surface area contributed by atoms with Crippen LogP contribution in [-0.2, 0) is 16.6 Å². The lowest BCUT2D eigenvalue weighted by Crippen LogP contribution is -2.55. The molecule has 0 radical (unpaired) electrons. The van der Waals surface area contributed by atoms with Gasteiger partial charge in [-0.05, 0) is 24.3 Å². The monoisotopic (exact) mass is 489 g/mol. The summed E-state index contributed by atoms with van der Waals surface area (Å²) >= 11 is 0. The third-order valence-corrected chi connectivity index (χ3v) is 7.05. The number of nitrogens with zero attached hydrogens (tertiary/aromatic N) is 5. The number of benzene rings is 1. The van der Waals surface area contributed by atoms with Crippen LogP contribution in [-0.4, -0.2) is 58.0 Å². The Morgan fingerprint density at radius 1 is 1.21 bits per heavy atom. The zero-order valence-electron chi connectivity index (χ0n) is 17.8. The summed E-state index contributed by atoms with van der Waals surface area (Å²) in [6.07, 6.45) is 1.05. The number of alkyl halides is 2. The van der Waals surface area contributed by atoms with Crippen molar-refractivity contribution in [3.8, 4) is 11.5 Å². The zero-order valence-corrected chi connectivity index (χ0v) is 18.6. The number of nitrogens with one attached hydrogen (secondary N) is 2. The molecule has 0 saturated carbocycles. The molecule has 3 aromatic heterocycles. The molecule has 0 aliphatic carbocycles. The van der Waals surface area contributed by atoms with Crippen molar-refractivity contribution in [1.82, 2.24) is 29.2 Å². The molecule has 10 nitrogen and oxygen atoms in total. The number of pyridine rings is 1. The highest BCUT2D eigenvalue weighted by Crippen LogP contribution is 2.24. The minimum atomic E-state index is -3.76. The summed E-state index contributed by atoms with van der Waals surface area (Å²) in [6.45, 7) is 1.35. The van der Waals surface area contributed by atoms with Crippen LogP contribution in [0.1, 0.15) is 18.0 Å². The SMILES string of the molecule is O=S(=O)(Nc1ccccc1)N1CCNCC1Cc1cn2ccc(-c3nnc(C(F)F)o3)cc2n1. The number of imidazole rings is 1. The van der Waals surface area contributed by atoms with E-state index in [2.05, 4.69) is 25.2 Å². The van der Waals surface area contributed by atoms with Crippen molar-refractivity contribution in [2.45, 2.75) is 18.9 Å². The van der Waals surface area contributed by atoms with E-state index in [-0.39, 0.29) is 11.9 Å². The van der Waals surface area contributed by atoms with Crippen molar-refractivity contribution in [1.29, 1.82) is 0 Å². The van der Waals surface area contributed by atoms with Gasteiger partial charge in [-0.2, -0.15) is 21.5 Å². The van der Waals surface area contributed by atoms with Gasteiger partial charge >= 0.3 is 16.6 Å². The van der Waals surface area contributed by atoms with E-state index >= 15 is 0 Å². The molecule has 1 saturated heterocycles. The van der Waals surface area contributed by atoms with E-state index in [4.69, 9.17) is 4.42 Å². The molecule has 1 fully saturated rings. The van der Waals surface area contributed by atoms with Crippen LogP contribution in [0.4, 0.5) is 14.5 Å². The van der Waals surface area contributed by atoms with Gasteiger partial charge in [0.15, 0.2) is 0 Å². The van der Waals surface area contributed by atoms with Gasteiger partial charge < -0.3 is 14.1 Å². The van der Waals surface area contributed by atoms with Crippen molar-refractivity contribution in [3.05, 3.63) is 66.4 Å². The number of hydrogen-bond acceptors (Lipinski definition) is 7. The fourth-order valence-electron chi connectivity index (χ4n) is 3.89. The Bertz CT molecular complexity index is 1390. The molecule has 1 aliphatic rings. The van der Waals surface area contributed by atoms with E-state index in [0.717, 1.165) is 0 Å². The van der Waals surface area contributed by atoms with E-state index in [1.54, 1.807) is 47.0 Å². The van der Waals surface area contributed by atoms with Crippen molar-refractivity contribution in [3.63, 3.8) is 0 Å². The van der Waals surface area contributed by atoms with E-state index in [9.17, 15) is 17.2 Å². The summed E-state index contributed by atoms with van der Waals surface area (Å²) in [5.74, 6) is -0.766. The zero-order chi connectivity index (χ0) is 23.7. The highest BCUT2D eigenvalue weighted by atomic mass is 32.2. The molecule has 1 aliphatic heterocycles.